The van der Waals surface area contributed by atoms with Gasteiger partial charge < -0.3 is 11.5 Å². The van der Waals surface area contributed by atoms with Crippen LogP contribution in [0.15, 0.2) is 27.8 Å². The molecule has 6 nitrogen and oxygen atoms in total. The third-order valence-electron chi connectivity index (χ3n) is 3.39. The topological polar surface area (TPSA) is 107 Å². The van der Waals surface area contributed by atoms with Gasteiger partial charge in [-0.1, -0.05) is 19.8 Å². The quantitative estimate of drug-likeness (QED) is 0.565. The van der Waals surface area contributed by atoms with Crippen LogP contribution in [-0.4, -0.2) is 9.78 Å². The van der Waals surface area contributed by atoms with Gasteiger partial charge in [0, 0.05) is 5.69 Å². The zero-order valence-corrected chi connectivity index (χ0v) is 11.6. The Morgan fingerprint density at radius 1 is 1.25 bits per heavy atom. The van der Waals surface area contributed by atoms with Crippen LogP contribution in [0.5, 0.6) is 0 Å². The number of aromatic nitrogens is 2. The molecule has 20 heavy (non-hydrogen) atoms. The molecular formula is C14H20N4O2. The van der Waals surface area contributed by atoms with Crippen LogP contribution in [0.4, 0.5) is 5.69 Å². The fourth-order valence-electron chi connectivity index (χ4n) is 2.25. The van der Waals surface area contributed by atoms with Gasteiger partial charge in [-0.05, 0) is 31.0 Å². The molecule has 0 bridgehead atoms. The Hall–Kier alpha value is -2.08. The second-order valence-corrected chi connectivity index (χ2v) is 4.98. The number of nitrogens with zero attached hydrogens (tertiary/aromatic N) is 1. The summed E-state index contributed by atoms with van der Waals surface area (Å²) in [5, 5.41) is 3.18. The summed E-state index contributed by atoms with van der Waals surface area (Å²) >= 11 is 0. The van der Waals surface area contributed by atoms with Crippen molar-refractivity contribution in [3.63, 3.8) is 0 Å². The van der Waals surface area contributed by atoms with E-state index in [4.69, 9.17) is 11.5 Å². The van der Waals surface area contributed by atoms with Crippen molar-refractivity contribution in [3.8, 4) is 0 Å². The van der Waals surface area contributed by atoms with Crippen molar-refractivity contribution in [2.75, 3.05) is 5.73 Å². The molecule has 1 unspecified atom stereocenters. The second-order valence-electron chi connectivity index (χ2n) is 4.98. The molecule has 2 rings (SSSR count). The van der Waals surface area contributed by atoms with Gasteiger partial charge >= 0.3 is 0 Å². The Morgan fingerprint density at radius 3 is 2.70 bits per heavy atom. The number of benzene rings is 1. The van der Waals surface area contributed by atoms with E-state index in [0.29, 0.717) is 22.9 Å². The molecule has 1 aromatic carbocycles. The molecule has 1 atom stereocenters. The molecule has 0 saturated carbocycles. The minimum atomic E-state index is -0.510. The van der Waals surface area contributed by atoms with Crippen molar-refractivity contribution >= 4 is 16.5 Å². The molecule has 6 heteroatoms. The lowest BCUT2D eigenvalue weighted by Gasteiger charge is -2.15. The van der Waals surface area contributed by atoms with Crippen LogP contribution < -0.4 is 22.6 Å². The first-order valence-corrected chi connectivity index (χ1v) is 6.84. The normalized spacial score (nSPS) is 12.7. The molecule has 0 radical (unpaired) electrons. The molecular weight excluding hydrogens is 256 g/mol. The Bertz CT molecular complexity index is 717. The Balaban J connectivity index is 2.46. The van der Waals surface area contributed by atoms with Crippen molar-refractivity contribution in [1.29, 1.82) is 0 Å². The van der Waals surface area contributed by atoms with Crippen molar-refractivity contribution in [2.45, 2.75) is 38.8 Å². The Labute approximate surface area is 116 Å². The van der Waals surface area contributed by atoms with Gasteiger partial charge in [-0.2, -0.15) is 0 Å². The molecule has 0 aliphatic heterocycles. The molecule has 0 aliphatic rings. The average Bonchev–Trinajstić information content (AvgIpc) is 2.42. The molecule has 0 amide bonds. The van der Waals surface area contributed by atoms with Crippen LogP contribution in [-0.2, 0) is 0 Å². The lowest BCUT2D eigenvalue weighted by atomic mass is 10.1. The van der Waals surface area contributed by atoms with Gasteiger partial charge in [0.1, 0.15) is 6.17 Å². The first-order chi connectivity index (χ1) is 9.54. The maximum atomic E-state index is 12.3. The van der Waals surface area contributed by atoms with E-state index in [1.165, 1.54) is 10.7 Å². The number of hydrogen-bond acceptors (Lipinski definition) is 4. The summed E-state index contributed by atoms with van der Waals surface area (Å²) < 4.78 is 1.22. The van der Waals surface area contributed by atoms with E-state index in [1.807, 2.05) is 0 Å². The second kappa shape index (κ2) is 5.92. The Kier molecular flexibility index (Phi) is 4.24. The number of nitrogens with two attached hydrogens (primary N) is 2. The van der Waals surface area contributed by atoms with Crippen LogP contribution >= 0.6 is 0 Å². The van der Waals surface area contributed by atoms with Gasteiger partial charge in [-0.25, -0.2) is 4.68 Å². The first kappa shape index (κ1) is 14.3. The van der Waals surface area contributed by atoms with Gasteiger partial charge in [0.25, 0.3) is 11.1 Å². The van der Waals surface area contributed by atoms with E-state index < -0.39 is 6.17 Å². The predicted octanol–water partition coefficient (Wildman–Crippen LogP) is 1.31. The van der Waals surface area contributed by atoms with Gasteiger partial charge in [-0.3, -0.25) is 14.7 Å². The minimum absolute atomic E-state index is 0.288. The first-order valence-electron chi connectivity index (χ1n) is 6.84. The van der Waals surface area contributed by atoms with Gasteiger partial charge in [0.15, 0.2) is 0 Å². The highest BCUT2D eigenvalue weighted by atomic mass is 16.2. The van der Waals surface area contributed by atoms with E-state index in [9.17, 15) is 9.59 Å². The Morgan fingerprint density at radius 2 is 2.00 bits per heavy atom. The van der Waals surface area contributed by atoms with Crippen LogP contribution in [0.25, 0.3) is 10.8 Å². The lowest BCUT2D eigenvalue weighted by molar-refractivity contribution is 0.402. The molecule has 1 heterocycles. The van der Waals surface area contributed by atoms with Gasteiger partial charge in [0.2, 0.25) is 0 Å². The number of anilines is 1. The monoisotopic (exact) mass is 276 g/mol. The van der Waals surface area contributed by atoms with E-state index in [1.54, 1.807) is 12.1 Å². The third kappa shape index (κ3) is 2.75. The highest BCUT2D eigenvalue weighted by Crippen LogP contribution is 2.12. The van der Waals surface area contributed by atoms with E-state index in [2.05, 4.69) is 12.0 Å². The van der Waals surface area contributed by atoms with Crippen molar-refractivity contribution in [1.82, 2.24) is 9.78 Å². The largest absolute Gasteiger partial charge is 0.399 e. The summed E-state index contributed by atoms with van der Waals surface area (Å²) in [6.07, 6.45) is 3.20. The number of fused-ring (bicyclic) bond motifs is 1. The number of rotatable bonds is 5. The summed E-state index contributed by atoms with van der Waals surface area (Å²) in [7, 11) is 0. The number of nitrogen functional groups attached to an aromatic ring is 1. The fourth-order valence-corrected chi connectivity index (χ4v) is 2.25. The van der Waals surface area contributed by atoms with E-state index in [0.717, 1.165) is 19.3 Å². The fraction of sp³-hybridized carbons (Fsp3) is 0.429. The van der Waals surface area contributed by atoms with Gasteiger partial charge in [-0.15, -0.1) is 0 Å². The maximum absolute atomic E-state index is 12.3. The third-order valence-corrected chi connectivity index (χ3v) is 3.39. The molecule has 0 saturated heterocycles. The summed E-state index contributed by atoms with van der Waals surface area (Å²) in [5.41, 5.74) is 11.4. The summed E-state index contributed by atoms with van der Waals surface area (Å²) in [4.78, 5) is 24.4. The van der Waals surface area contributed by atoms with E-state index in [-0.39, 0.29) is 11.1 Å². The van der Waals surface area contributed by atoms with Crippen LogP contribution in [0.2, 0.25) is 0 Å². The maximum Gasteiger partial charge on any atom is 0.274 e. The molecule has 2 aromatic rings. The van der Waals surface area contributed by atoms with Crippen LogP contribution in [0.3, 0.4) is 0 Å². The van der Waals surface area contributed by atoms with Crippen LogP contribution in [0.1, 0.15) is 38.8 Å². The van der Waals surface area contributed by atoms with Crippen molar-refractivity contribution < 1.29 is 0 Å². The number of nitrogens with one attached hydrogen (secondary N) is 1. The smallest absolute Gasteiger partial charge is 0.274 e. The SMILES string of the molecule is CCCCCC(N)n1[nH]c(=O)c2cc(N)ccc2c1=O. The predicted molar refractivity (Wildman–Crippen MR) is 80.6 cm³/mol. The van der Waals surface area contributed by atoms with Crippen molar-refractivity contribution in [2.24, 2.45) is 5.73 Å². The number of unbranched alkanes of at least 4 members (excludes halogenated alkanes) is 2. The standard InChI is InChI=1S/C14H20N4O2/c1-2-3-4-5-12(16)18-14(20)10-7-6-9(15)8-11(10)13(19)17-18/h6-8,12H,2-5,15-16H2,1H3,(H,17,19). The number of hydrogen-bond donors (Lipinski definition) is 3. The highest BCUT2D eigenvalue weighted by molar-refractivity contribution is 5.83. The van der Waals surface area contributed by atoms with Crippen molar-refractivity contribution in [3.05, 3.63) is 38.9 Å². The molecule has 0 aliphatic carbocycles. The summed E-state index contributed by atoms with van der Waals surface area (Å²) in [6.45, 7) is 2.10. The highest BCUT2D eigenvalue weighted by Gasteiger charge is 2.12. The van der Waals surface area contributed by atoms with E-state index >= 15 is 0 Å². The molecule has 1 aromatic heterocycles. The summed E-state index contributed by atoms with van der Waals surface area (Å²) in [6, 6.07) is 4.68. The molecule has 0 fully saturated rings. The number of aromatic amines is 1. The number of H-pyrrole nitrogens is 1. The average molecular weight is 276 g/mol. The van der Waals surface area contributed by atoms with Gasteiger partial charge in [0.05, 0.1) is 10.8 Å². The van der Waals surface area contributed by atoms with Crippen LogP contribution in [0, 0.1) is 0 Å². The lowest BCUT2D eigenvalue weighted by Crippen LogP contribution is -2.36. The molecule has 0 spiro atoms. The zero-order valence-electron chi connectivity index (χ0n) is 11.6. The minimum Gasteiger partial charge on any atom is -0.399 e. The molecule has 108 valence electrons. The molecule has 5 N–H and O–H groups in total. The zero-order chi connectivity index (χ0) is 14.7. The summed E-state index contributed by atoms with van der Waals surface area (Å²) in [5.74, 6) is 0.